The van der Waals surface area contributed by atoms with Crippen molar-refractivity contribution in [1.82, 2.24) is 0 Å². The Morgan fingerprint density at radius 2 is 1.64 bits per heavy atom. The molecule has 0 aliphatic carbocycles. The van der Waals surface area contributed by atoms with E-state index < -0.39 is 10.0 Å². The molecule has 0 atom stereocenters. The Hall–Kier alpha value is -2.18. The Bertz CT molecular complexity index is 749. The van der Waals surface area contributed by atoms with Gasteiger partial charge in [-0.3, -0.25) is 4.99 Å². The third-order valence-electron chi connectivity index (χ3n) is 3.18. The van der Waals surface area contributed by atoms with Gasteiger partial charge in [-0.25, -0.2) is 13.6 Å². The van der Waals surface area contributed by atoms with Crippen LogP contribution < -0.4 is 10.0 Å². The number of aliphatic imine (C=N–C) groups is 1. The van der Waals surface area contributed by atoms with Gasteiger partial charge in [0.25, 0.3) is 0 Å². The van der Waals surface area contributed by atoms with Crippen molar-refractivity contribution in [3.8, 4) is 0 Å². The number of rotatable bonds is 5. The van der Waals surface area contributed by atoms with Crippen LogP contribution in [0.2, 0.25) is 0 Å². The van der Waals surface area contributed by atoms with E-state index in [1.807, 2.05) is 43.3 Å². The number of nitrogens with zero attached hydrogens (tertiary/aromatic N) is 2. The lowest BCUT2D eigenvalue weighted by atomic mass is 10.2. The fourth-order valence-corrected chi connectivity index (χ4v) is 2.41. The summed E-state index contributed by atoms with van der Waals surface area (Å²) < 4.78 is 22.3. The molecule has 0 unspecified atom stereocenters. The van der Waals surface area contributed by atoms with Gasteiger partial charge >= 0.3 is 0 Å². The van der Waals surface area contributed by atoms with E-state index in [2.05, 4.69) is 4.99 Å². The molecule has 2 aromatic carbocycles. The lowest BCUT2D eigenvalue weighted by Gasteiger charge is -2.11. The van der Waals surface area contributed by atoms with Crippen molar-refractivity contribution in [2.75, 3.05) is 19.0 Å². The lowest BCUT2D eigenvalue weighted by molar-refractivity contribution is 0.598. The van der Waals surface area contributed by atoms with Crippen molar-refractivity contribution in [2.45, 2.75) is 11.4 Å². The number of primary sulfonamides is 1. The fraction of sp³-hybridized carbons (Fsp3) is 0.188. The summed E-state index contributed by atoms with van der Waals surface area (Å²) in [6, 6.07) is 14.5. The second kappa shape index (κ2) is 6.72. The number of nitrogens with two attached hydrogens (primary N) is 1. The van der Waals surface area contributed by atoms with E-state index in [1.54, 1.807) is 18.3 Å². The maximum absolute atomic E-state index is 11.2. The zero-order valence-corrected chi connectivity index (χ0v) is 13.4. The smallest absolute Gasteiger partial charge is 0.238 e. The maximum Gasteiger partial charge on any atom is 0.238 e. The molecular formula is C16H19N3O2S. The van der Waals surface area contributed by atoms with Crippen molar-refractivity contribution in [2.24, 2.45) is 10.1 Å². The Morgan fingerprint density at radius 3 is 2.14 bits per heavy atom. The molecule has 0 spiro atoms. The molecule has 0 aliphatic rings. The molecule has 6 heteroatoms. The van der Waals surface area contributed by atoms with Gasteiger partial charge in [-0.05, 0) is 35.4 Å². The van der Waals surface area contributed by atoms with Gasteiger partial charge in [0.1, 0.15) is 0 Å². The van der Waals surface area contributed by atoms with E-state index in [1.165, 1.54) is 12.1 Å². The highest BCUT2D eigenvalue weighted by Crippen LogP contribution is 2.12. The lowest BCUT2D eigenvalue weighted by Crippen LogP contribution is -2.11. The van der Waals surface area contributed by atoms with Crippen LogP contribution in [0.1, 0.15) is 11.1 Å². The van der Waals surface area contributed by atoms with Crippen LogP contribution in [0.25, 0.3) is 0 Å². The third kappa shape index (κ3) is 4.41. The number of hydrogen-bond acceptors (Lipinski definition) is 4. The normalized spacial score (nSPS) is 11.8. The highest BCUT2D eigenvalue weighted by Gasteiger charge is 2.06. The van der Waals surface area contributed by atoms with Crippen LogP contribution in [0.5, 0.6) is 0 Å². The van der Waals surface area contributed by atoms with Gasteiger partial charge in [0.2, 0.25) is 10.0 Å². The number of hydrogen-bond donors (Lipinski definition) is 1. The molecule has 0 heterocycles. The Kier molecular flexibility index (Phi) is 4.95. The molecule has 0 aromatic heterocycles. The number of anilines is 1. The minimum Gasteiger partial charge on any atom is -0.378 e. The van der Waals surface area contributed by atoms with Gasteiger partial charge < -0.3 is 4.90 Å². The van der Waals surface area contributed by atoms with Gasteiger partial charge in [0.15, 0.2) is 0 Å². The molecule has 2 N–H and O–H groups in total. The zero-order valence-electron chi connectivity index (χ0n) is 12.6. The van der Waals surface area contributed by atoms with E-state index >= 15 is 0 Å². The van der Waals surface area contributed by atoms with Gasteiger partial charge in [0, 0.05) is 26.0 Å². The molecular weight excluding hydrogens is 298 g/mol. The van der Waals surface area contributed by atoms with Gasteiger partial charge in [0.05, 0.1) is 11.4 Å². The molecule has 0 amide bonds. The first-order valence-electron chi connectivity index (χ1n) is 6.75. The molecule has 0 aliphatic heterocycles. The summed E-state index contributed by atoms with van der Waals surface area (Å²) in [5, 5.41) is 5.06. The average molecular weight is 317 g/mol. The summed E-state index contributed by atoms with van der Waals surface area (Å²) in [7, 11) is 0.352. The van der Waals surface area contributed by atoms with Gasteiger partial charge in [-0.15, -0.1) is 0 Å². The maximum atomic E-state index is 11.2. The number of sulfonamides is 1. The molecule has 0 saturated carbocycles. The van der Waals surface area contributed by atoms with Crippen molar-refractivity contribution in [3.05, 3.63) is 59.7 Å². The first-order chi connectivity index (χ1) is 10.4. The van der Waals surface area contributed by atoms with Crippen LogP contribution in [0.4, 0.5) is 5.69 Å². The first-order valence-corrected chi connectivity index (χ1v) is 8.30. The van der Waals surface area contributed by atoms with E-state index in [-0.39, 0.29) is 4.90 Å². The van der Waals surface area contributed by atoms with Crippen LogP contribution in [0.15, 0.2) is 58.4 Å². The largest absolute Gasteiger partial charge is 0.378 e. The predicted octanol–water partition coefficient (Wildman–Crippen LogP) is 2.02. The van der Waals surface area contributed by atoms with Crippen LogP contribution in [-0.4, -0.2) is 28.7 Å². The molecule has 2 rings (SSSR count). The van der Waals surface area contributed by atoms with Crippen molar-refractivity contribution in [1.29, 1.82) is 0 Å². The van der Waals surface area contributed by atoms with E-state index in [4.69, 9.17) is 5.14 Å². The summed E-state index contributed by atoms with van der Waals surface area (Å²) >= 11 is 0. The summed E-state index contributed by atoms with van der Waals surface area (Å²) in [6.45, 7) is 0.486. The van der Waals surface area contributed by atoms with E-state index in [0.717, 1.165) is 16.8 Å². The summed E-state index contributed by atoms with van der Waals surface area (Å²) in [6.07, 6.45) is 1.80. The second-order valence-electron chi connectivity index (χ2n) is 5.14. The van der Waals surface area contributed by atoms with Crippen molar-refractivity contribution in [3.63, 3.8) is 0 Å². The SMILES string of the molecule is CN(C)c1ccc(C=NCc2ccc(S(N)(=O)=O)cc2)cc1. The molecule has 5 nitrogen and oxygen atoms in total. The zero-order chi connectivity index (χ0) is 16.2. The van der Waals surface area contributed by atoms with Crippen molar-refractivity contribution >= 4 is 21.9 Å². The minimum atomic E-state index is -3.64. The molecule has 0 radical (unpaired) electrons. The highest BCUT2D eigenvalue weighted by molar-refractivity contribution is 7.89. The van der Waals surface area contributed by atoms with E-state index in [0.29, 0.717) is 6.54 Å². The Labute approximate surface area is 131 Å². The summed E-state index contributed by atoms with van der Waals surface area (Å²) in [5.74, 6) is 0. The standard InChI is InChI=1S/C16H19N3O2S/c1-19(2)15-7-3-13(4-8-15)11-18-12-14-5-9-16(10-6-14)22(17,20)21/h3-11H,12H2,1-2H3,(H2,17,20,21). The topological polar surface area (TPSA) is 75.8 Å². The summed E-state index contributed by atoms with van der Waals surface area (Å²) in [5.41, 5.74) is 3.08. The monoisotopic (exact) mass is 317 g/mol. The predicted molar refractivity (Wildman–Crippen MR) is 89.9 cm³/mol. The third-order valence-corrected chi connectivity index (χ3v) is 4.10. The van der Waals surface area contributed by atoms with Crippen LogP contribution in [0, 0.1) is 0 Å². The first kappa shape index (κ1) is 16.2. The van der Waals surface area contributed by atoms with Crippen LogP contribution in [0.3, 0.4) is 0 Å². The molecule has 2 aromatic rings. The quantitative estimate of drug-likeness (QED) is 0.857. The van der Waals surface area contributed by atoms with Crippen LogP contribution in [-0.2, 0) is 16.6 Å². The van der Waals surface area contributed by atoms with E-state index in [9.17, 15) is 8.42 Å². The molecule has 0 saturated heterocycles. The van der Waals surface area contributed by atoms with Gasteiger partial charge in [-0.2, -0.15) is 0 Å². The number of benzene rings is 2. The average Bonchev–Trinajstić information content (AvgIpc) is 2.47. The minimum absolute atomic E-state index is 0.111. The molecule has 22 heavy (non-hydrogen) atoms. The highest BCUT2D eigenvalue weighted by atomic mass is 32.2. The molecule has 116 valence electrons. The Balaban J connectivity index is 2.00. The van der Waals surface area contributed by atoms with Crippen molar-refractivity contribution < 1.29 is 8.42 Å². The second-order valence-corrected chi connectivity index (χ2v) is 6.71. The molecule has 0 bridgehead atoms. The fourth-order valence-electron chi connectivity index (χ4n) is 1.90. The summed E-state index contributed by atoms with van der Waals surface area (Å²) in [4.78, 5) is 6.51. The van der Waals surface area contributed by atoms with Gasteiger partial charge in [-0.1, -0.05) is 24.3 Å². The Morgan fingerprint density at radius 1 is 1.05 bits per heavy atom. The molecule has 0 fully saturated rings. The van der Waals surface area contributed by atoms with Crippen LogP contribution >= 0.6 is 0 Å².